The number of rotatable bonds is 9. The van der Waals surface area contributed by atoms with Crippen LogP contribution < -0.4 is 15.2 Å². The summed E-state index contributed by atoms with van der Waals surface area (Å²) in [6.45, 7) is 2.84. The maximum absolute atomic E-state index is 12.7. The molecule has 0 aliphatic rings. The lowest BCUT2D eigenvalue weighted by Crippen LogP contribution is -2.25. The molecule has 172 valence electrons. The Morgan fingerprint density at radius 3 is 2.45 bits per heavy atom. The standard InChI is InChI=1S/C24H25N3O5S/c1-4-26-18-7-5-6-8-19(18)27(24(26)29)12-11-22(28)32-14-17-15-33-23(25-17)16-9-10-20(30-2)21(13-16)31-3/h5-10,13,15H,4,11-12,14H2,1-3H3. The van der Waals surface area contributed by atoms with Gasteiger partial charge < -0.3 is 14.2 Å². The van der Waals surface area contributed by atoms with E-state index in [1.165, 1.54) is 11.3 Å². The third-order valence-electron chi connectivity index (χ3n) is 5.34. The number of fused-ring (bicyclic) bond motifs is 1. The van der Waals surface area contributed by atoms with Gasteiger partial charge in [-0.05, 0) is 37.3 Å². The number of imidazole rings is 1. The van der Waals surface area contributed by atoms with Crippen molar-refractivity contribution in [3.63, 3.8) is 0 Å². The second-order valence-corrected chi connectivity index (χ2v) is 8.15. The molecular weight excluding hydrogens is 442 g/mol. The van der Waals surface area contributed by atoms with Crippen LogP contribution in [0.2, 0.25) is 0 Å². The van der Waals surface area contributed by atoms with E-state index >= 15 is 0 Å². The monoisotopic (exact) mass is 467 g/mol. The summed E-state index contributed by atoms with van der Waals surface area (Å²) in [4.78, 5) is 29.6. The molecule has 0 atom stereocenters. The molecule has 0 saturated carbocycles. The zero-order chi connectivity index (χ0) is 23.4. The highest BCUT2D eigenvalue weighted by Gasteiger charge is 2.14. The number of hydrogen-bond donors (Lipinski definition) is 0. The number of benzene rings is 2. The van der Waals surface area contributed by atoms with Gasteiger partial charge in [-0.1, -0.05) is 12.1 Å². The van der Waals surface area contributed by atoms with Crippen molar-refractivity contribution in [3.05, 3.63) is 64.0 Å². The Balaban J connectivity index is 1.38. The minimum Gasteiger partial charge on any atom is -0.493 e. The van der Waals surface area contributed by atoms with E-state index < -0.39 is 0 Å². The largest absolute Gasteiger partial charge is 0.493 e. The van der Waals surface area contributed by atoms with E-state index in [2.05, 4.69) is 4.98 Å². The SMILES string of the molecule is CCn1c(=O)n(CCC(=O)OCc2csc(-c3ccc(OC)c(OC)c3)n2)c2ccccc21. The summed E-state index contributed by atoms with van der Waals surface area (Å²) >= 11 is 1.46. The first-order valence-electron chi connectivity index (χ1n) is 10.6. The number of hydrogen-bond acceptors (Lipinski definition) is 7. The van der Waals surface area contributed by atoms with Crippen molar-refractivity contribution in [3.8, 4) is 22.1 Å². The van der Waals surface area contributed by atoms with Gasteiger partial charge in [0.2, 0.25) is 0 Å². The fourth-order valence-corrected chi connectivity index (χ4v) is 4.50. The number of thiazole rings is 1. The van der Waals surface area contributed by atoms with Crippen LogP contribution in [-0.4, -0.2) is 34.3 Å². The van der Waals surface area contributed by atoms with Crippen LogP contribution in [0.15, 0.2) is 52.6 Å². The highest BCUT2D eigenvalue weighted by molar-refractivity contribution is 7.13. The topological polar surface area (TPSA) is 84.6 Å². The maximum Gasteiger partial charge on any atom is 0.329 e. The van der Waals surface area contributed by atoms with Crippen molar-refractivity contribution >= 4 is 28.3 Å². The van der Waals surface area contributed by atoms with E-state index in [1.807, 2.05) is 54.8 Å². The number of ether oxygens (including phenoxy) is 3. The van der Waals surface area contributed by atoms with Gasteiger partial charge in [0, 0.05) is 24.0 Å². The summed E-state index contributed by atoms with van der Waals surface area (Å²) in [7, 11) is 3.17. The van der Waals surface area contributed by atoms with Crippen molar-refractivity contribution in [1.29, 1.82) is 0 Å². The van der Waals surface area contributed by atoms with Gasteiger partial charge in [-0.15, -0.1) is 11.3 Å². The van der Waals surface area contributed by atoms with Crippen molar-refractivity contribution in [2.24, 2.45) is 0 Å². The van der Waals surface area contributed by atoms with Crippen molar-refractivity contribution in [2.75, 3.05) is 14.2 Å². The highest BCUT2D eigenvalue weighted by atomic mass is 32.1. The summed E-state index contributed by atoms with van der Waals surface area (Å²) in [5.41, 5.74) is 3.12. The Kier molecular flexibility index (Phi) is 6.79. The molecule has 2 aromatic heterocycles. The lowest BCUT2D eigenvalue weighted by atomic mass is 10.2. The Morgan fingerprint density at radius 1 is 1.03 bits per heavy atom. The van der Waals surface area contributed by atoms with Crippen LogP contribution in [0, 0.1) is 0 Å². The number of aromatic nitrogens is 3. The summed E-state index contributed by atoms with van der Waals surface area (Å²) in [6.07, 6.45) is 0.101. The molecule has 0 fully saturated rings. The molecule has 0 unspecified atom stereocenters. The molecule has 4 aromatic rings. The van der Waals surface area contributed by atoms with Crippen LogP contribution in [0.1, 0.15) is 19.0 Å². The number of esters is 1. The molecule has 0 spiro atoms. The van der Waals surface area contributed by atoms with Crippen molar-refractivity contribution < 1.29 is 19.0 Å². The second kappa shape index (κ2) is 9.91. The van der Waals surface area contributed by atoms with Gasteiger partial charge in [0.25, 0.3) is 0 Å². The van der Waals surface area contributed by atoms with Gasteiger partial charge in [-0.25, -0.2) is 9.78 Å². The minimum absolute atomic E-state index is 0.0776. The molecule has 4 rings (SSSR count). The summed E-state index contributed by atoms with van der Waals surface area (Å²) in [5, 5.41) is 2.65. The van der Waals surface area contributed by atoms with Crippen LogP contribution in [0.3, 0.4) is 0 Å². The first-order chi connectivity index (χ1) is 16.0. The molecule has 0 N–H and O–H groups in total. The first kappa shape index (κ1) is 22.6. The van der Waals surface area contributed by atoms with Gasteiger partial charge in [0.1, 0.15) is 11.6 Å². The minimum atomic E-state index is -0.379. The second-order valence-electron chi connectivity index (χ2n) is 7.29. The van der Waals surface area contributed by atoms with Gasteiger partial charge in [0.05, 0.1) is 37.4 Å². The Morgan fingerprint density at radius 2 is 1.76 bits per heavy atom. The van der Waals surface area contributed by atoms with E-state index in [1.54, 1.807) is 23.4 Å². The van der Waals surface area contributed by atoms with Gasteiger partial charge in [0.15, 0.2) is 11.5 Å². The Hall–Kier alpha value is -3.59. The molecule has 0 radical (unpaired) electrons. The molecule has 33 heavy (non-hydrogen) atoms. The highest BCUT2D eigenvalue weighted by Crippen LogP contribution is 2.33. The van der Waals surface area contributed by atoms with Crippen LogP contribution in [0.25, 0.3) is 21.6 Å². The van der Waals surface area contributed by atoms with Gasteiger partial charge >= 0.3 is 11.7 Å². The third kappa shape index (κ3) is 4.63. The number of nitrogens with zero attached hydrogens (tertiary/aromatic N) is 3. The molecule has 2 aromatic carbocycles. The molecule has 0 aliphatic heterocycles. The average Bonchev–Trinajstić information content (AvgIpc) is 3.42. The van der Waals surface area contributed by atoms with E-state index in [4.69, 9.17) is 14.2 Å². The summed E-state index contributed by atoms with van der Waals surface area (Å²) in [5.74, 6) is 0.891. The molecule has 2 heterocycles. The number of para-hydroxylation sites is 2. The predicted molar refractivity (Wildman–Crippen MR) is 127 cm³/mol. The van der Waals surface area contributed by atoms with E-state index in [0.717, 1.165) is 21.6 Å². The van der Waals surface area contributed by atoms with Crippen LogP contribution in [-0.2, 0) is 29.2 Å². The van der Waals surface area contributed by atoms with Gasteiger partial charge in [-0.3, -0.25) is 13.9 Å². The van der Waals surface area contributed by atoms with Crippen molar-refractivity contribution in [2.45, 2.75) is 33.0 Å². The average molecular weight is 468 g/mol. The number of carbonyl (C=O) groups excluding carboxylic acids is 1. The molecule has 0 amide bonds. The van der Waals surface area contributed by atoms with Crippen LogP contribution >= 0.6 is 11.3 Å². The van der Waals surface area contributed by atoms with E-state index in [9.17, 15) is 9.59 Å². The van der Waals surface area contributed by atoms with Crippen LogP contribution in [0.5, 0.6) is 11.5 Å². The number of carbonyl (C=O) groups is 1. The fourth-order valence-electron chi connectivity index (χ4n) is 3.70. The smallest absolute Gasteiger partial charge is 0.329 e. The Bertz CT molecular complexity index is 1340. The zero-order valence-corrected chi connectivity index (χ0v) is 19.6. The summed E-state index contributed by atoms with van der Waals surface area (Å²) in [6, 6.07) is 13.2. The van der Waals surface area contributed by atoms with Gasteiger partial charge in [-0.2, -0.15) is 0 Å². The first-order valence-corrected chi connectivity index (χ1v) is 11.4. The molecule has 0 aliphatic carbocycles. The fraction of sp³-hybridized carbons (Fsp3) is 0.292. The molecular formula is C24H25N3O5S. The summed E-state index contributed by atoms with van der Waals surface area (Å²) < 4.78 is 19.3. The number of aryl methyl sites for hydroxylation is 2. The Labute approximate surface area is 195 Å². The molecule has 0 bridgehead atoms. The third-order valence-corrected chi connectivity index (χ3v) is 6.28. The molecule has 8 nitrogen and oxygen atoms in total. The lowest BCUT2D eigenvalue weighted by molar-refractivity contribution is -0.145. The predicted octanol–water partition coefficient (Wildman–Crippen LogP) is 4.10. The normalized spacial score (nSPS) is 11.0. The van der Waals surface area contributed by atoms with Crippen molar-refractivity contribution in [1.82, 2.24) is 14.1 Å². The van der Waals surface area contributed by atoms with Crippen LogP contribution in [0.4, 0.5) is 0 Å². The maximum atomic E-state index is 12.7. The van der Waals surface area contributed by atoms with E-state index in [0.29, 0.717) is 23.7 Å². The lowest BCUT2D eigenvalue weighted by Gasteiger charge is -2.08. The zero-order valence-electron chi connectivity index (χ0n) is 18.7. The quantitative estimate of drug-likeness (QED) is 0.345. The molecule has 9 heteroatoms. The number of methoxy groups -OCH3 is 2. The van der Waals surface area contributed by atoms with E-state index in [-0.39, 0.29) is 31.2 Å². The molecule has 0 saturated heterocycles.